The lowest BCUT2D eigenvalue weighted by molar-refractivity contribution is 0.119. The smallest absolute Gasteiger partial charge is 0.0593 e. The molecule has 0 rings (SSSR count). The number of ether oxygens (including phenoxy) is 1. The summed E-state index contributed by atoms with van der Waals surface area (Å²) in [6.07, 6.45) is 4.10. The minimum atomic E-state index is 0.628. The van der Waals surface area contributed by atoms with Crippen molar-refractivity contribution < 1.29 is 4.74 Å². The Kier molecular flexibility index (Phi) is 9.42. The molecule has 0 aromatic rings. The summed E-state index contributed by atoms with van der Waals surface area (Å²) in [5.74, 6) is 0. The molecule has 0 atom stereocenters. The molecule has 0 radical (unpaired) electrons. The maximum Gasteiger partial charge on any atom is 0.0593 e. The van der Waals surface area contributed by atoms with Crippen molar-refractivity contribution in [1.82, 2.24) is 4.90 Å². The Morgan fingerprint density at radius 2 is 2.08 bits per heavy atom. The van der Waals surface area contributed by atoms with Crippen molar-refractivity contribution in [3.63, 3.8) is 0 Å². The molecule has 0 saturated heterocycles. The van der Waals surface area contributed by atoms with E-state index in [0.717, 1.165) is 32.8 Å². The van der Waals surface area contributed by atoms with E-state index in [4.69, 9.17) is 10.5 Å². The average Bonchev–Trinajstić information content (AvgIpc) is 2.16. The van der Waals surface area contributed by atoms with Crippen molar-refractivity contribution in [3.05, 3.63) is 12.2 Å². The molecule has 78 valence electrons. The Labute approximate surface area is 81.5 Å². The van der Waals surface area contributed by atoms with Gasteiger partial charge in [0, 0.05) is 26.2 Å². The molecule has 13 heavy (non-hydrogen) atoms. The summed E-state index contributed by atoms with van der Waals surface area (Å²) in [5.41, 5.74) is 5.35. The molecule has 0 spiro atoms. The molecular formula is C10H22N2O. The van der Waals surface area contributed by atoms with Crippen LogP contribution >= 0.6 is 0 Å². The number of likely N-dealkylation sites (N-methyl/N-ethyl adjacent to an activating group) is 1. The topological polar surface area (TPSA) is 38.5 Å². The lowest BCUT2D eigenvalue weighted by Gasteiger charge is -2.17. The number of nitrogens with two attached hydrogens (primary N) is 1. The van der Waals surface area contributed by atoms with Crippen molar-refractivity contribution >= 4 is 0 Å². The molecule has 0 unspecified atom stereocenters. The molecule has 0 aliphatic carbocycles. The lowest BCUT2D eigenvalue weighted by atomic mass is 10.4. The van der Waals surface area contributed by atoms with Crippen LogP contribution in [0.2, 0.25) is 0 Å². The summed E-state index contributed by atoms with van der Waals surface area (Å²) >= 11 is 0. The molecule has 0 aromatic carbocycles. The van der Waals surface area contributed by atoms with Gasteiger partial charge in [0.1, 0.15) is 0 Å². The molecule has 0 aliphatic heterocycles. The van der Waals surface area contributed by atoms with Crippen LogP contribution in [-0.2, 0) is 4.74 Å². The Morgan fingerprint density at radius 1 is 1.31 bits per heavy atom. The monoisotopic (exact) mass is 186 g/mol. The van der Waals surface area contributed by atoms with Crippen molar-refractivity contribution in [1.29, 1.82) is 0 Å². The van der Waals surface area contributed by atoms with Crippen molar-refractivity contribution in [2.75, 3.05) is 39.4 Å². The summed E-state index contributed by atoms with van der Waals surface area (Å²) in [4.78, 5) is 2.32. The fourth-order valence-corrected chi connectivity index (χ4v) is 1.04. The minimum absolute atomic E-state index is 0.628. The molecule has 3 heteroatoms. The first-order valence-corrected chi connectivity index (χ1v) is 5.00. The largest absolute Gasteiger partial charge is 0.380 e. The van der Waals surface area contributed by atoms with Gasteiger partial charge in [0.2, 0.25) is 0 Å². The molecule has 2 N–H and O–H groups in total. The third-order valence-electron chi connectivity index (χ3n) is 1.87. The molecule has 0 fully saturated rings. The standard InChI is InChI=1S/C10H22N2O/c1-3-12(8-6-5-7-11)9-10-13-4-2/h5-6H,3-4,7-11H2,1-2H3. The van der Waals surface area contributed by atoms with Gasteiger partial charge in [0.05, 0.1) is 6.61 Å². The van der Waals surface area contributed by atoms with E-state index in [2.05, 4.69) is 17.9 Å². The second kappa shape index (κ2) is 9.71. The Balaban J connectivity index is 3.45. The molecule has 0 bridgehead atoms. The van der Waals surface area contributed by atoms with E-state index in [1.165, 1.54) is 0 Å². The highest BCUT2D eigenvalue weighted by atomic mass is 16.5. The number of nitrogens with zero attached hydrogens (tertiary/aromatic N) is 1. The Bertz CT molecular complexity index is 126. The zero-order valence-electron chi connectivity index (χ0n) is 8.83. The molecule has 0 amide bonds. The van der Waals surface area contributed by atoms with Gasteiger partial charge >= 0.3 is 0 Å². The molecule has 3 nitrogen and oxygen atoms in total. The summed E-state index contributed by atoms with van der Waals surface area (Å²) in [6.45, 7) is 9.45. The van der Waals surface area contributed by atoms with Gasteiger partial charge in [0.25, 0.3) is 0 Å². The number of rotatable bonds is 8. The van der Waals surface area contributed by atoms with Crippen LogP contribution in [0.4, 0.5) is 0 Å². The summed E-state index contributed by atoms with van der Waals surface area (Å²) in [7, 11) is 0. The van der Waals surface area contributed by atoms with E-state index >= 15 is 0 Å². The third-order valence-corrected chi connectivity index (χ3v) is 1.87. The SMILES string of the molecule is CCOCCN(CC)CC=CCN. The quantitative estimate of drug-likeness (QED) is 0.451. The average molecular weight is 186 g/mol. The van der Waals surface area contributed by atoms with E-state index in [9.17, 15) is 0 Å². The Morgan fingerprint density at radius 3 is 2.62 bits per heavy atom. The second-order valence-corrected chi connectivity index (χ2v) is 2.80. The van der Waals surface area contributed by atoms with Gasteiger partial charge in [-0.15, -0.1) is 0 Å². The van der Waals surface area contributed by atoms with Crippen LogP contribution in [0.15, 0.2) is 12.2 Å². The molecular weight excluding hydrogens is 164 g/mol. The number of hydrogen-bond acceptors (Lipinski definition) is 3. The van der Waals surface area contributed by atoms with E-state index < -0.39 is 0 Å². The first-order valence-electron chi connectivity index (χ1n) is 5.00. The van der Waals surface area contributed by atoms with Gasteiger partial charge in [-0.1, -0.05) is 19.1 Å². The third kappa shape index (κ3) is 7.96. The summed E-state index contributed by atoms with van der Waals surface area (Å²) < 4.78 is 5.28. The normalized spacial score (nSPS) is 11.7. The first-order chi connectivity index (χ1) is 6.35. The van der Waals surface area contributed by atoms with Gasteiger partial charge in [-0.3, -0.25) is 4.90 Å². The molecule has 0 aromatic heterocycles. The molecule has 0 heterocycles. The first kappa shape index (κ1) is 12.6. The van der Waals surface area contributed by atoms with E-state index in [1.807, 2.05) is 13.0 Å². The van der Waals surface area contributed by atoms with Crippen LogP contribution in [-0.4, -0.2) is 44.3 Å². The zero-order chi connectivity index (χ0) is 9.94. The van der Waals surface area contributed by atoms with Gasteiger partial charge in [0.15, 0.2) is 0 Å². The van der Waals surface area contributed by atoms with Crippen molar-refractivity contribution in [2.24, 2.45) is 5.73 Å². The van der Waals surface area contributed by atoms with Gasteiger partial charge in [-0.25, -0.2) is 0 Å². The van der Waals surface area contributed by atoms with Crippen LogP contribution in [0.1, 0.15) is 13.8 Å². The molecule has 0 saturated carbocycles. The minimum Gasteiger partial charge on any atom is -0.380 e. The highest BCUT2D eigenvalue weighted by molar-refractivity contribution is 4.85. The zero-order valence-corrected chi connectivity index (χ0v) is 8.83. The fourth-order valence-electron chi connectivity index (χ4n) is 1.04. The van der Waals surface area contributed by atoms with E-state index in [0.29, 0.717) is 6.54 Å². The van der Waals surface area contributed by atoms with Crippen LogP contribution in [0.3, 0.4) is 0 Å². The van der Waals surface area contributed by atoms with Crippen LogP contribution in [0.5, 0.6) is 0 Å². The maximum atomic E-state index is 5.35. The van der Waals surface area contributed by atoms with Crippen LogP contribution < -0.4 is 5.73 Å². The predicted molar refractivity (Wildman–Crippen MR) is 56.8 cm³/mol. The fraction of sp³-hybridized carbons (Fsp3) is 0.800. The maximum absolute atomic E-state index is 5.35. The highest BCUT2D eigenvalue weighted by Gasteiger charge is 1.97. The van der Waals surface area contributed by atoms with Crippen LogP contribution in [0.25, 0.3) is 0 Å². The predicted octanol–water partition coefficient (Wildman–Crippen LogP) is 0.860. The van der Waals surface area contributed by atoms with Gasteiger partial charge in [-0.05, 0) is 13.5 Å². The van der Waals surface area contributed by atoms with Gasteiger partial charge < -0.3 is 10.5 Å². The summed E-state index contributed by atoms with van der Waals surface area (Å²) in [6, 6.07) is 0. The number of hydrogen-bond donors (Lipinski definition) is 1. The van der Waals surface area contributed by atoms with Crippen molar-refractivity contribution in [2.45, 2.75) is 13.8 Å². The van der Waals surface area contributed by atoms with Crippen molar-refractivity contribution in [3.8, 4) is 0 Å². The summed E-state index contributed by atoms with van der Waals surface area (Å²) in [5, 5.41) is 0. The van der Waals surface area contributed by atoms with E-state index in [1.54, 1.807) is 0 Å². The van der Waals surface area contributed by atoms with Crippen LogP contribution in [0, 0.1) is 0 Å². The Hall–Kier alpha value is -0.380. The highest BCUT2D eigenvalue weighted by Crippen LogP contribution is 1.88. The van der Waals surface area contributed by atoms with E-state index in [-0.39, 0.29) is 0 Å². The second-order valence-electron chi connectivity index (χ2n) is 2.80. The van der Waals surface area contributed by atoms with Gasteiger partial charge in [-0.2, -0.15) is 0 Å². The molecule has 0 aliphatic rings. The lowest BCUT2D eigenvalue weighted by Crippen LogP contribution is -2.27.